The van der Waals surface area contributed by atoms with Crippen molar-refractivity contribution in [3.8, 4) is 5.75 Å². The van der Waals surface area contributed by atoms with Gasteiger partial charge in [-0.1, -0.05) is 146 Å². The van der Waals surface area contributed by atoms with Gasteiger partial charge in [-0.3, -0.25) is 0 Å². The van der Waals surface area contributed by atoms with E-state index in [1.165, 1.54) is 110 Å². The maximum Gasteiger partial charge on any atom is 0.119 e. The number of hydrogen-bond acceptors (Lipinski definition) is 5. The van der Waals surface area contributed by atoms with E-state index >= 15 is 0 Å². The number of hydrogen-bond donors (Lipinski definition) is 0. The molecule has 0 spiro atoms. The van der Waals surface area contributed by atoms with Crippen LogP contribution in [0.5, 0.6) is 5.75 Å². The van der Waals surface area contributed by atoms with Crippen LogP contribution >= 0.6 is 0 Å². The third kappa shape index (κ3) is 9.47. The highest BCUT2D eigenvalue weighted by Gasteiger charge is 2.53. The summed E-state index contributed by atoms with van der Waals surface area (Å²) in [5.74, 6) is 1.91. The third-order valence-electron chi connectivity index (χ3n) is 15.8. The van der Waals surface area contributed by atoms with Gasteiger partial charge < -0.3 is 24.2 Å². The van der Waals surface area contributed by atoms with E-state index in [1.807, 2.05) is 0 Å². The highest BCUT2D eigenvalue weighted by Crippen LogP contribution is 2.56. The minimum Gasteiger partial charge on any atom is -0.497 e. The molecule has 1 saturated carbocycles. The number of likely N-dealkylation sites (tertiary alicyclic amines) is 1. The SMILES string of the molecule is CN(C)CCC=C1c2ccccc2C=Cc2ccccc21.CN1C2CCC1CC(OC(c1ccccc1)c1ccccc1)C2.COc1ccc2c(c1)[C@]13CCCC[C@@H]1[C@H](C2)N(C)CC3. The molecular formula is C59H71N3O2. The fraction of sp³-hybridized carbons (Fsp3) is 0.424. The van der Waals surface area contributed by atoms with Gasteiger partial charge in [0.2, 0.25) is 0 Å². The summed E-state index contributed by atoms with van der Waals surface area (Å²) in [4.78, 5) is 7.42. The molecule has 0 N–H and O–H groups in total. The van der Waals surface area contributed by atoms with E-state index in [2.05, 4.69) is 189 Å². The van der Waals surface area contributed by atoms with Crippen LogP contribution in [0.2, 0.25) is 0 Å². The molecule has 5 heteroatoms. The number of likely N-dealkylation sites (N-methyl/N-ethyl adjacent to an activating group) is 1. The van der Waals surface area contributed by atoms with E-state index in [9.17, 15) is 0 Å². The fourth-order valence-electron chi connectivity index (χ4n) is 12.4. The van der Waals surface area contributed by atoms with Crippen LogP contribution < -0.4 is 4.74 Å². The molecule has 6 aliphatic rings. The maximum atomic E-state index is 6.67. The predicted octanol–water partition coefficient (Wildman–Crippen LogP) is 12.4. The van der Waals surface area contributed by atoms with Crippen molar-refractivity contribution in [1.82, 2.24) is 14.7 Å². The summed E-state index contributed by atoms with van der Waals surface area (Å²) in [6, 6.07) is 47.6. The number of ether oxygens (including phenoxy) is 2. The molecule has 11 rings (SSSR count). The lowest BCUT2D eigenvalue weighted by molar-refractivity contribution is -0.0426. The Labute approximate surface area is 384 Å². The molecule has 2 unspecified atom stereocenters. The molecule has 0 amide bonds. The lowest BCUT2D eigenvalue weighted by Crippen LogP contribution is -2.59. The van der Waals surface area contributed by atoms with Crippen LogP contribution in [0.4, 0.5) is 0 Å². The summed E-state index contributed by atoms with van der Waals surface area (Å²) in [6.45, 7) is 2.33. The summed E-state index contributed by atoms with van der Waals surface area (Å²) in [5.41, 5.74) is 12.8. The molecule has 0 aromatic heterocycles. The second-order valence-corrected chi connectivity index (χ2v) is 19.7. The molecule has 4 fully saturated rings. The Kier molecular flexibility index (Phi) is 14.0. The first-order valence-electron chi connectivity index (χ1n) is 24.4. The average Bonchev–Trinajstić information content (AvgIpc) is 3.46. The van der Waals surface area contributed by atoms with E-state index in [-0.39, 0.29) is 6.10 Å². The van der Waals surface area contributed by atoms with Gasteiger partial charge in [0, 0.05) is 30.1 Å². The zero-order valence-corrected chi connectivity index (χ0v) is 39.2. The van der Waals surface area contributed by atoms with Crippen molar-refractivity contribution in [1.29, 1.82) is 0 Å². The van der Waals surface area contributed by atoms with Crippen LogP contribution in [0, 0.1) is 5.92 Å². The lowest BCUT2D eigenvalue weighted by atomic mass is 9.52. The van der Waals surface area contributed by atoms with Gasteiger partial charge in [0.1, 0.15) is 11.9 Å². The number of nitrogens with zero attached hydrogens (tertiary/aromatic N) is 3. The number of piperidine rings is 2. The molecule has 0 radical (unpaired) electrons. The van der Waals surface area contributed by atoms with Crippen molar-refractivity contribution < 1.29 is 9.47 Å². The predicted molar refractivity (Wildman–Crippen MR) is 267 cm³/mol. The van der Waals surface area contributed by atoms with Crippen molar-refractivity contribution >= 4 is 17.7 Å². The summed E-state index contributed by atoms with van der Waals surface area (Å²) in [7, 11) is 10.6. The van der Waals surface area contributed by atoms with Crippen molar-refractivity contribution in [2.24, 2.45) is 5.92 Å². The van der Waals surface area contributed by atoms with Gasteiger partial charge in [-0.2, -0.15) is 0 Å². The molecule has 5 atom stereocenters. The zero-order chi connectivity index (χ0) is 44.0. The van der Waals surface area contributed by atoms with Crippen molar-refractivity contribution in [3.05, 3.63) is 178 Å². The lowest BCUT2D eigenvalue weighted by Gasteiger charge is -2.58. The summed E-state index contributed by atoms with van der Waals surface area (Å²) < 4.78 is 12.2. The van der Waals surface area contributed by atoms with Crippen molar-refractivity contribution in [2.45, 2.75) is 106 Å². The van der Waals surface area contributed by atoms with Crippen molar-refractivity contribution in [2.75, 3.05) is 48.4 Å². The quantitative estimate of drug-likeness (QED) is 0.152. The van der Waals surface area contributed by atoms with Crippen LogP contribution in [0.25, 0.3) is 17.7 Å². The highest BCUT2D eigenvalue weighted by molar-refractivity contribution is 5.93. The van der Waals surface area contributed by atoms with Gasteiger partial charge in [0.25, 0.3) is 0 Å². The molecule has 5 aromatic carbocycles. The van der Waals surface area contributed by atoms with Gasteiger partial charge in [-0.15, -0.1) is 0 Å². The van der Waals surface area contributed by atoms with E-state index in [4.69, 9.17) is 9.47 Å². The van der Waals surface area contributed by atoms with Gasteiger partial charge in [0.05, 0.1) is 13.2 Å². The Hall–Kier alpha value is -4.78. The van der Waals surface area contributed by atoms with Crippen molar-refractivity contribution in [3.63, 3.8) is 0 Å². The number of rotatable bonds is 8. The topological polar surface area (TPSA) is 28.2 Å². The molecule has 4 bridgehead atoms. The van der Waals surface area contributed by atoms with Crippen LogP contribution in [-0.2, 0) is 16.6 Å². The van der Waals surface area contributed by atoms with Crippen LogP contribution in [0.15, 0.2) is 133 Å². The first-order chi connectivity index (χ1) is 31.3. The summed E-state index contributed by atoms with van der Waals surface area (Å²) in [5, 5.41) is 0. The molecule has 334 valence electrons. The van der Waals surface area contributed by atoms with E-state index in [0.717, 1.165) is 30.7 Å². The van der Waals surface area contributed by atoms with Crippen LogP contribution in [0.3, 0.4) is 0 Å². The van der Waals surface area contributed by atoms with Crippen LogP contribution in [0.1, 0.15) is 115 Å². The first kappa shape index (κ1) is 44.4. The Bertz CT molecular complexity index is 2270. The zero-order valence-electron chi connectivity index (χ0n) is 39.2. The van der Waals surface area contributed by atoms with E-state index in [1.54, 1.807) is 18.2 Å². The summed E-state index contributed by atoms with van der Waals surface area (Å²) in [6.07, 6.45) is 21.5. The smallest absolute Gasteiger partial charge is 0.119 e. The molecular weight excluding hydrogens is 783 g/mol. The summed E-state index contributed by atoms with van der Waals surface area (Å²) >= 11 is 0. The molecule has 64 heavy (non-hydrogen) atoms. The van der Waals surface area contributed by atoms with E-state index < -0.39 is 0 Å². The maximum absolute atomic E-state index is 6.67. The van der Waals surface area contributed by atoms with Gasteiger partial charge in [-0.25, -0.2) is 0 Å². The fourth-order valence-corrected chi connectivity index (χ4v) is 12.4. The molecule has 5 aromatic rings. The third-order valence-corrected chi connectivity index (χ3v) is 15.8. The second-order valence-electron chi connectivity index (χ2n) is 19.7. The Morgan fingerprint density at radius 3 is 1.94 bits per heavy atom. The molecule has 3 aliphatic heterocycles. The highest BCUT2D eigenvalue weighted by atomic mass is 16.5. The molecule has 3 saturated heterocycles. The monoisotopic (exact) mass is 854 g/mol. The number of methoxy groups -OCH3 is 1. The van der Waals surface area contributed by atoms with Gasteiger partial charge in [0.15, 0.2) is 0 Å². The molecule has 5 nitrogen and oxygen atoms in total. The Morgan fingerprint density at radius 1 is 0.719 bits per heavy atom. The van der Waals surface area contributed by atoms with Gasteiger partial charge >= 0.3 is 0 Å². The normalized spacial score (nSPS) is 25.4. The standard InChI is InChI=1S/C21H25NO.C20H21N.C18H25NO/c1-22-18-12-13-19(22)15-20(14-18)23-21(16-8-4-2-5-9-16)17-10-6-3-7-11-17;1-21(2)15-7-12-20-18-10-5-3-8-16(18)13-14-17-9-4-6-11-19(17)20;1-19-10-9-18-8-4-3-5-15(18)17(19)11-13-6-7-14(20-2)12-16(13)18/h2-11,18-21H,12-15H2,1H3;3-6,8-14H,7,15H2,1-2H3;6-7,12,15,17H,3-5,8-11H2,1-2H3/t;;15-,17+,18+/m..1/s1. The second kappa shape index (κ2) is 20.2. The number of benzene rings is 5. The Balaban J connectivity index is 0.000000122. The Morgan fingerprint density at radius 2 is 1.33 bits per heavy atom. The number of fused-ring (bicyclic) bond motifs is 5. The van der Waals surface area contributed by atoms with Crippen LogP contribution in [-0.4, -0.2) is 87.3 Å². The average molecular weight is 854 g/mol. The van der Waals surface area contributed by atoms with Gasteiger partial charge in [-0.05, 0) is 161 Å². The molecule has 3 heterocycles. The minimum absolute atomic E-state index is 0.0465. The molecule has 3 aliphatic carbocycles. The largest absolute Gasteiger partial charge is 0.497 e. The first-order valence-corrected chi connectivity index (χ1v) is 24.4. The minimum atomic E-state index is 0.0465. The van der Waals surface area contributed by atoms with E-state index in [0.29, 0.717) is 23.6 Å².